The number of nitrogens with zero attached hydrogens (tertiary/aromatic N) is 1. The van der Waals surface area contributed by atoms with Gasteiger partial charge in [0.15, 0.2) is 0 Å². The molecule has 1 fully saturated rings. The van der Waals surface area contributed by atoms with Crippen LogP contribution in [0.1, 0.15) is 76.0 Å². The van der Waals surface area contributed by atoms with Crippen LogP contribution in [0.5, 0.6) is 0 Å². The molecule has 2 aromatic heterocycles. The molecule has 32 heavy (non-hydrogen) atoms. The first kappa shape index (κ1) is 23.9. The van der Waals surface area contributed by atoms with Crippen LogP contribution in [0.25, 0.3) is 11.0 Å². The Kier molecular flexibility index (Phi) is 6.43. The highest BCUT2D eigenvalue weighted by atomic mass is 28.3. The number of amides is 2. The molecule has 0 saturated heterocycles. The van der Waals surface area contributed by atoms with Crippen molar-refractivity contribution in [3.05, 3.63) is 29.1 Å². The molecule has 172 valence electrons. The van der Waals surface area contributed by atoms with E-state index in [0.717, 1.165) is 23.9 Å². The standard InChI is InChI=1S/C24H34N4O3Si/c1-14(2)32(15(3)4,16(5)6)10-7-17-18-11-20(24(8-9-24)13-27-23(30)31)28-22(18)26-12-19(17)21(25)29/h11-12,14-16,27H,8-9,13H2,1-6H3,(H2,25,29)(H,26,28)(H,30,31). The average molecular weight is 455 g/mol. The molecule has 1 saturated carbocycles. The summed E-state index contributed by atoms with van der Waals surface area (Å²) in [6.07, 6.45) is 2.22. The lowest BCUT2D eigenvalue weighted by molar-refractivity contribution is 0.1000. The summed E-state index contributed by atoms with van der Waals surface area (Å²) in [5, 5.41) is 12.3. The Hall–Kier alpha value is -2.79. The summed E-state index contributed by atoms with van der Waals surface area (Å²) < 4.78 is 0. The van der Waals surface area contributed by atoms with Gasteiger partial charge in [0, 0.05) is 34.8 Å². The number of H-pyrrole nitrogens is 1. The summed E-state index contributed by atoms with van der Waals surface area (Å²) in [5.74, 6) is 2.85. The predicted octanol–water partition coefficient (Wildman–Crippen LogP) is 4.53. The topological polar surface area (TPSA) is 121 Å². The van der Waals surface area contributed by atoms with E-state index < -0.39 is 20.1 Å². The number of aromatic nitrogens is 2. The van der Waals surface area contributed by atoms with Crippen molar-refractivity contribution >= 4 is 31.1 Å². The second-order valence-corrected chi connectivity index (χ2v) is 15.5. The summed E-state index contributed by atoms with van der Waals surface area (Å²) >= 11 is 0. The van der Waals surface area contributed by atoms with Crippen molar-refractivity contribution in [3.63, 3.8) is 0 Å². The van der Waals surface area contributed by atoms with Crippen molar-refractivity contribution in [2.75, 3.05) is 6.54 Å². The number of carboxylic acid groups (broad SMARTS) is 1. The monoisotopic (exact) mass is 454 g/mol. The molecule has 0 aromatic carbocycles. The fourth-order valence-corrected chi connectivity index (χ4v) is 10.4. The van der Waals surface area contributed by atoms with E-state index in [-0.39, 0.29) is 5.41 Å². The van der Waals surface area contributed by atoms with Crippen LogP contribution in [0.4, 0.5) is 4.79 Å². The third kappa shape index (κ3) is 4.14. The molecule has 0 radical (unpaired) electrons. The number of carbonyl (C=O) groups excluding carboxylic acids is 1. The van der Waals surface area contributed by atoms with Gasteiger partial charge in [-0.05, 0) is 35.5 Å². The number of nitrogens with one attached hydrogen (secondary N) is 2. The van der Waals surface area contributed by atoms with Gasteiger partial charge in [-0.15, -0.1) is 5.54 Å². The molecule has 2 amide bonds. The van der Waals surface area contributed by atoms with Crippen molar-refractivity contribution in [2.24, 2.45) is 5.73 Å². The van der Waals surface area contributed by atoms with E-state index in [1.807, 2.05) is 6.07 Å². The molecule has 3 rings (SSSR count). The number of primary amides is 1. The van der Waals surface area contributed by atoms with E-state index >= 15 is 0 Å². The second-order valence-electron chi connectivity index (χ2n) is 9.94. The van der Waals surface area contributed by atoms with Crippen LogP contribution in [0.3, 0.4) is 0 Å². The number of pyridine rings is 1. The summed E-state index contributed by atoms with van der Waals surface area (Å²) in [6, 6.07) is 1.97. The van der Waals surface area contributed by atoms with Gasteiger partial charge in [0.1, 0.15) is 13.7 Å². The highest BCUT2D eigenvalue weighted by molar-refractivity contribution is 6.90. The first-order valence-electron chi connectivity index (χ1n) is 11.3. The number of carbonyl (C=O) groups is 2. The zero-order chi connectivity index (χ0) is 23.8. The van der Waals surface area contributed by atoms with Crippen LogP contribution in [0, 0.1) is 11.5 Å². The Labute approximate surface area is 190 Å². The quantitative estimate of drug-likeness (QED) is 0.363. The fraction of sp³-hybridized carbons (Fsp3) is 0.542. The molecule has 5 N–H and O–H groups in total. The minimum absolute atomic E-state index is 0.261. The maximum absolute atomic E-state index is 12.2. The maximum Gasteiger partial charge on any atom is 0.404 e. The Bertz CT molecular complexity index is 1080. The van der Waals surface area contributed by atoms with Crippen molar-refractivity contribution in [1.82, 2.24) is 15.3 Å². The van der Waals surface area contributed by atoms with Crippen LogP contribution in [-0.4, -0.2) is 41.7 Å². The van der Waals surface area contributed by atoms with Crippen LogP contribution < -0.4 is 11.1 Å². The average Bonchev–Trinajstić information content (AvgIpc) is 3.36. The van der Waals surface area contributed by atoms with Gasteiger partial charge in [-0.1, -0.05) is 47.5 Å². The van der Waals surface area contributed by atoms with Gasteiger partial charge in [0.2, 0.25) is 0 Å². The molecule has 2 heterocycles. The van der Waals surface area contributed by atoms with E-state index in [9.17, 15) is 9.59 Å². The molecule has 1 aliphatic carbocycles. The molecule has 0 spiro atoms. The molecule has 0 bridgehead atoms. The zero-order valence-electron chi connectivity index (χ0n) is 19.8. The number of rotatable bonds is 7. The SMILES string of the molecule is CC(C)[Si](C#Cc1c(C(N)=O)cnc2[nH]c(C3(CNC(=O)O)CC3)cc12)(C(C)C)C(C)C. The number of nitrogens with two attached hydrogens (primary N) is 1. The molecule has 0 unspecified atom stereocenters. The molecular formula is C24H34N4O3Si. The minimum atomic E-state index is -2.02. The largest absolute Gasteiger partial charge is 0.465 e. The van der Waals surface area contributed by atoms with Crippen molar-refractivity contribution < 1.29 is 14.7 Å². The van der Waals surface area contributed by atoms with Crippen LogP contribution in [0.2, 0.25) is 16.6 Å². The second kappa shape index (κ2) is 8.62. The number of fused-ring (bicyclic) bond motifs is 1. The van der Waals surface area contributed by atoms with Crippen LogP contribution >= 0.6 is 0 Å². The minimum Gasteiger partial charge on any atom is -0.465 e. The van der Waals surface area contributed by atoms with E-state index in [1.165, 1.54) is 6.20 Å². The molecule has 0 atom stereocenters. The normalized spacial score (nSPS) is 15.2. The van der Waals surface area contributed by atoms with Gasteiger partial charge >= 0.3 is 6.09 Å². The van der Waals surface area contributed by atoms with Crippen molar-refractivity contribution in [1.29, 1.82) is 0 Å². The third-order valence-corrected chi connectivity index (χ3v) is 13.5. The summed E-state index contributed by atoms with van der Waals surface area (Å²) in [5.41, 5.74) is 13.0. The lowest BCUT2D eigenvalue weighted by atomic mass is 10.0. The third-order valence-electron chi connectivity index (χ3n) is 7.20. The molecule has 2 aromatic rings. The Morgan fingerprint density at radius 1 is 1.22 bits per heavy atom. The smallest absolute Gasteiger partial charge is 0.404 e. The van der Waals surface area contributed by atoms with E-state index in [1.54, 1.807) is 0 Å². The van der Waals surface area contributed by atoms with E-state index in [2.05, 4.69) is 68.3 Å². The van der Waals surface area contributed by atoms with Gasteiger partial charge in [-0.25, -0.2) is 9.78 Å². The maximum atomic E-state index is 12.2. The van der Waals surface area contributed by atoms with Gasteiger partial charge in [0.05, 0.1) is 5.56 Å². The highest BCUT2D eigenvalue weighted by Crippen LogP contribution is 2.48. The highest BCUT2D eigenvalue weighted by Gasteiger charge is 2.46. The van der Waals surface area contributed by atoms with Crippen LogP contribution in [-0.2, 0) is 5.41 Å². The predicted molar refractivity (Wildman–Crippen MR) is 129 cm³/mol. The number of hydrogen-bond donors (Lipinski definition) is 4. The Morgan fingerprint density at radius 3 is 2.28 bits per heavy atom. The Balaban J connectivity index is 2.17. The Morgan fingerprint density at radius 2 is 1.81 bits per heavy atom. The van der Waals surface area contributed by atoms with E-state index in [0.29, 0.717) is 39.9 Å². The van der Waals surface area contributed by atoms with E-state index in [4.69, 9.17) is 10.8 Å². The van der Waals surface area contributed by atoms with Gasteiger partial charge in [0.25, 0.3) is 5.91 Å². The van der Waals surface area contributed by atoms with Crippen molar-refractivity contribution in [3.8, 4) is 11.5 Å². The van der Waals surface area contributed by atoms with Crippen LogP contribution in [0.15, 0.2) is 12.3 Å². The lowest BCUT2D eigenvalue weighted by Crippen LogP contribution is -2.43. The molecule has 0 aliphatic heterocycles. The van der Waals surface area contributed by atoms with Crippen molar-refractivity contribution in [2.45, 2.75) is 76.4 Å². The first-order chi connectivity index (χ1) is 14.9. The van der Waals surface area contributed by atoms with Gasteiger partial charge < -0.3 is 21.1 Å². The summed E-state index contributed by atoms with van der Waals surface area (Å²) in [6.45, 7) is 13.8. The first-order valence-corrected chi connectivity index (χ1v) is 13.5. The molecule has 7 nitrogen and oxygen atoms in total. The number of hydrogen-bond acceptors (Lipinski definition) is 3. The lowest BCUT2D eigenvalue weighted by Gasteiger charge is -2.38. The number of aromatic amines is 1. The molecule has 8 heteroatoms. The summed E-state index contributed by atoms with van der Waals surface area (Å²) in [4.78, 5) is 31.0. The molecular weight excluding hydrogens is 420 g/mol. The fourth-order valence-electron chi connectivity index (χ4n) is 5.22. The summed E-state index contributed by atoms with van der Waals surface area (Å²) in [7, 11) is -2.02. The zero-order valence-corrected chi connectivity index (χ0v) is 20.8. The van der Waals surface area contributed by atoms with Gasteiger partial charge in [-0.2, -0.15) is 0 Å². The molecule has 1 aliphatic rings. The van der Waals surface area contributed by atoms with Gasteiger partial charge in [-0.3, -0.25) is 4.79 Å².